The van der Waals surface area contributed by atoms with E-state index >= 15 is 0 Å². The summed E-state index contributed by atoms with van der Waals surface area (Å²) in [6.45, 7) is 15.6. The molecule has 16 heteroatoms. The Morgan fingerprint density at radius 1 is 0.985 bits per heavy atom. The monoisotopic (exact) mass is 928 g/mol. The van der Waals surface area contributed by atoms with E-state index in [9.17, 15) is 33.0 Å². The normalized spacial score (nSPS) is 32.3. The first kappa shape index (κ1) is 52.6. The lowest BCUT2D eigenvalue weighted by atomic mass is 9.72. The Morgan fingerprint density at radius 3 is 2.30 bits per heavy atom. The quantitative estimate of drug-likeness (QED) is 0.0993. The van der Waals surface area contributed by atoms with Gasteiger partial charge in [-0.05, 0) is 67.9 Å². The molecule has 4 aliphatic rings. The van der Waals surface area contributed by atoms with Gasteiger partial charge in [0, 0.05) is 42.8 Å². The molecule has 13 nitrogen and oxygen atoms in total. The van der Waals surface area contributed by atoms with Crippen LogP contribution in [0.1, 0.15) is 101 Å². The largest absolute Gasteiger partial charge is 0.490 e. The number of carbonyl (C=O) groups excluding carboxylic acids is 2. The van der Waals surface area contributed by atoms with Crippen LogP contribution in [-0.2, 0) is 50.0 Å². The van der Waals surface area contributed by atoms with Crippen LogP contribution in [0.2, 0.25) is 0 Å². The van der Waals surface area contributed by atoms with Gasteiger partial charge < -0.3 is 43.4 Å². The van der Waals surface area contributed by atoms with Gasteiger partial charge in [0.25, 0.3) is 0 Å². The Bertz CT molecular complexity index is 2070. The zero-order valence-electron chi connectivity index (χ0n) is 39.7. The molecule has 364 valence electrons. The van der Waals surface area contributed by atoms with Crippen LogP contribution in [-0.4, -0.2) is 112 Å². The molecule has 0 radical (unpaired) electrons. The van der Waals surface area contributed by atoms with Gasteiger partial charge >= 0.3 is 23.8 Å². The van der Waals surface area contributed by atoms with Gasteiger partial charge in [-0.2, -0.15) is 13.2 Å². The second-order valence-electron chi connectivity index (χ2n) is 18.5. The van der Waals surface area contributed by atoms with Crippen LogP contribution in [0.25, 0.3) is 0 Å². The molecule has 5 rings (SSSR count). The smallest absolute Gasteiger partial charge is 0.442 e. The van der Waals surface area contributed by atoms with Crippen molar-refractivity contribution in [1.82, 2.24) is 0 Å². The summed E-state index contributed by atoms with van der Waals surface area (Å²) in [5.41, 5.74) is -0.471. The van der Waals surface area contributed by atoms with Gasteiger partial charge in [0.15, 0.2) is 0 Å². The van der Waals surface area contributed by atoms with Crippen LogP contribution < -0.4 is 0 Å². The standard InChI is InChI=1S/C50H67F3N2O11/c1-12-17-62-19-20-63-18-16-34-24-35(49(54-55-49)50(51,52)53)25-36-41(34)48(59)65-39-26-38(64-45(27(2)3)42(36)39)32(8)44(57)33(9)46-37(60-10)15-13-14-28(4)21-30(6)43(56)31(7)22-29(5)23-40(61-11)47(58)66-46/h1,13-15,22-25,27,30-33,37-39,42-46,56-57H,16-21,26H2,2-11H3/b15-13+,28-14+,29-22+,40-23-/t30-,31+,32+,33-,37-,38+,39+,42-,43-,44-,45+,46+/m0/s1. The van der Waals surface area contributed by atoms with E-state index in [-0.39, 0.29) is 73.9 Å². The molecule has 0 aromatic heterocycles. The number of methoxy groups -OCH3 is 2. The number of ether oxygens (including phenoxy) is 7. The number of hydrogen-bond acceptors (Lipinski definition) is 13. The highest BCUT2D eigenvalue weighted by Crippen LogP contribution is 2.55. The predicted molar refractivity (Wildman–Crippen MR) is 239 cm³/mol. The highest BCUT2D eigenvalue weighted by atomic mass is 19.4. The maximum absolute atomic E-state index is 14.5. The van der Waals surface area contributed by atoms with Gasteiger partial charge in [-0.1, -0.05) is 82.9 Å². The number of terminal acetylenes is 1. The number of aliphatic hydroxyl groups excluding tert-OH is 2. The number of allylic oxidation sites excluding steroid dienone is 5. The average molecular weight is 929 g/mol. The number of fused-ring (bicyclic) bond motifs is 3. The van der Waals surface area contributed by atoms with Crippen molar-refractivity contribution in [3.63, 3.8) is 0 Å². The highest BCUT2D eigenvalue weighted by Gasteiger charge is 2.66. The molecule has 1 saturated heterocycles. The number of esters is 2. The zero-order chi connectivity index (χ0) is 48.7. The van der Waals surface area contributed by atoms with Crippen molar-refractivity contribution in [3.05, 3.63) is 81.7 Å². The maximum Gasteiger partial charge on any atom is 0.442 e. The minimum Gasteiger partial charge on any atom is -0.490 e. The molecule has 0 aliphatic carbocycles. The molecule has 4 aliphatic heterocycles. The number of hydrogen-bond donors (Lipinski definition) is 2. The summed E-state index contributed by atoms with van der Waals surface area (Å²) < 4.78 is 85.2. The summed E-state index contributed by atoms with van der Waals surface area (Å²) in [6, 6.07) is 2.67. The number of aliphatic hydroxyl groups is 2. The SMILES string of the molecule is C#CCOCCOCCc1cc(C2(C(F)(F)F)N=N2)cc2c1C(=O)O[C@@H]1C[C@H]([C@@H](C)[C@H](O)[C@H](C)[C@H]3OC(=O)/C(OC)=C/C(C)=C/[C@@H](C)[C@@H](O)[C@@H](C)C/C(C)=C/C=C/[C@@H]3OC)O[C@H](C(C)C)[C@@H]21. The molecule has 0 saturated carbocycles. The number of cyclic esters (lactones) is 1. The van der Waals surface area contributed by atoms with Crippen molar-refractivity contribution in [2.75, 3.05) is 40.6 Å². The lowest BCUT2D eigenvalue weighted by Gasteiger charge is -2.48. The van der Waals surface area contributed by atoms with Gasteiger partial charge in [-0.3, -0.25) is 0 Å². The van der Waals surface area contributed by atoms with Gasteiger partial charge in [-0.15, -0.1) is 16.7 Å². The zero-order valence-corrected chi connectivity index (χ0v) is 39.7. The van der Waals surface area contributed by atoms with Gasteiger partial charge in [0.1, 0.15) is 24.9 Å². The third kappa shape index (κ3) is 12.0. The molecule has 66 heavy (non-hydrogen) atoms. The van der Waals surface area contributed by atoms with Crippen molar-refractivity contribution >= 4 is 11.9 Å². The minimum atomic E-state index is -4.82. The third-order valence-electron chi connectivity index (χ3n) is 13.2. The number of benzene rings is 1. The van der Waals surface area contributed by atoms with Crippen LogP contribution in [0.15, 0.2) is 69.6 Å². The average Bonchev–Trinajstić information content (AvgIpc) is 4.10. The first-order chi connectivity index (χ1) is 31.2. The summed E-state index contributed by atoms with van der Waals surface area (Å²) in [5, 5.41) is 30.2. The fourth-order valence-electron chi connectivity index (χ4n) is 9.53. The van der Waals surface area contributed by atoms with E-state index in [1.807, 2.05) is 46.8 Å². The van der Waals surface area contributed by atoms with Crippen molar-refractivity contribution in [1.29, 1.82) is 0 Å². The van der Waals surface area contributed by atoms with Crippen molar-refractivity contribution < 1.29 is 66.1 Å². The highest BCUT2D eigenvalue weighted by molar-refractivity contribution is 5.95. The Hall–Kier alpha value is -4.37. The molecule has 4 heterocycles. The van der Waals surface area contributed by atoms with Crippen molar-refractivity contribution in [2.24, 2.45) is 39.8 Å². The minimum absolute atomic E-state index is 0.0629. The predicted octanol–water partition coefficient (Wildman–Crippen LogP) is 8.09. The summed E-state index contributed by atoms with van der Waals surface area (Å²) in [5.74, 6) is -1.82. The Balaban J connectivity index is 1.46. The van der Waals surface area contributed by atoms with Crippen LogP contribution in [0.4, 0.5) is 13.2 Å². The van der Waals surface area contributed by atoms with Crippen molar-refractivity contribution in [3.8, 4) is 12.3 Å². The van der Waals surface area contributed by atoms with Crippen LogP contribution >= 0.6 is 0 Å². The summed E-state index contributed by atoms with van der Waals surface area (Å²) in [4.78, 5) is 27.9. The van der Waals surface area contributed by atoms with E-state index in [0.29, 0.717) is 23.1 Å². The molecule has 1 aromatic rings. The maximum atomic E-state index is 14.5. The Kier molecular flexibility index (Phi) is 18.0. The number of carbonyl (C=O) groups is 2. The molecule has 0 spiro atoms. The van der Waals surface area contributed by atoms with E-state index in [4.69, 9.17) is 39.6 Å². The van der Waals surface area contributed by atoms with E-state index in [1.54, 1.807) is 39.0 Å². The Morgan fingerprint density at radius 2 is 1.68 bits per heavy atom. The number of halogens is 3. The topological polar surface area (TPSA) is 164 Å². The van der Waals surface area contributed by atoms with E-state index in [2.05, 4.69) is 16.1 Å². The first-order valence-corrected chi connectivity index (χ1v) is 22.7. The number of nitrogens with zero attached hydrogens (tertiary/aromatic N) is 2. The van der Waals surface area contributed by atoms with Crippen LogP contribution in [0.5, 0.6) is 0 Å². The summed E-state index contributed by atoms with van der Waals surface area (Å²) in [7, 11) is 2.83. The van der Waals surface area contributed by atoms with E-state index < -0.39 is 84.3 Å². The molecular formula is C50H67F3N2O11. The molecule has 1 fully saturated rings. The lowest BCUT2D eigenvalue weighted by molar-refractivity contribution is -0.177. The van der Waals surface area contributed by atoms with Crippen molar-refractivity contribution in [2.45, 2.75) is 135 Å². The summed E-state index contributed by atoms with van der Waals surface area (Å²) in [6.07, 6.45) is 4.19. The molecule has 12 atom stereocenters. The van der Waals surface area contributed by atoms with Crippen LogP contribution in [0, 0.1) is 41.9 Å². The Labute approximate surface area is 386 Å². The lowest BCUT2D eigenvalue weighted by Crippen LogP contribution is -2.54. The molecule has 0 amide bonds. The molecular weight excluding hydrogens is 862 g/mol. The summed E-state index contributed by atoms with van der Waals surface area (Å²) >= 11 is 0. The first-order valence-electron chi connectivity index (χ1n) is 22.7. The van der Waals surface area contributed by atoms with E-state index in [0.717, 1.165) is 5.57 Å². The fourth-order valence-corrected chi connectivity index (χ4v) is 9.53. The van der Waals surface area contributed by atoms with Gasteiger partial charge in [-0.25, -0.2) is 9.59 Å². The van der Waals surface area contributed by atoms with Gasteiger partial charge in [0.05, 0.1) is 56.9 Å². The van der Waals surface area contributed by atoms with E-state index in [1.165, 1.54) is 26.4 Å². The third-order valence-corrected chi connectivity index (χ3v) is 13.2. The molecule has 0 unspecified atom stereocenters. The van der Waals surface area contributed by atoms with Gasteiger partial charge in [0.2, 0.25) is 5.76 Å². The van der Waals surface area contributed by atoms with Crippen LogP contribution in [0.3, 0.4) is 0 Å². The number of rotatable bonds is 15. The molecule has 1 aromatic carbocycles. The second-order valence-corrected chi connectivity index (χ2v) is 18.5. The second kappa shape index (κ2) is 22.6. The molecule has 0 bridgehead atoms. The fraction of sp³-hybridized carbons (Fsp3) is 0.640. The molecule has 2 N–H and O–H groups in total. The number of alkyl halides is 3.